The first kappa shape index (κ1) is 14.7. The van der Waals surface area contributed by atoms with Gasteiger partial charge in [0, 0.05) is 21.3 Å². The highest BCUT2D eigenvalue weighted by Crippen LogP contribution is 2.21. The molecule has 2 aromatic rings. The number of nitrogens with zero attached hydrogens (tertiary/aromatic N) is 1. The fourth-order valence-corrected chi connectivity index (χ4v) is 2.97. The molecule has 19 heavy (non-hydrogen) atoms. The molecule has 1 aromatic carbocycles. The first-order chi connectivity index (χ1) is 9.19. The van der Waals surface area contributed by atoms with Crippen molar-refractivity contribution < 1.29 is 0 Å². The Balaban J connectivity index is 2.07. The van der Waals surface area contributed by atoms with Gasteiger partial charge in [-0.3, -0.25) is 4.98 Å². The second-order valence-corrected chi connectivity index (χ2v) is 6.38. The molecule has 1 heterocycles. The summed E-state index contributed by atoms with van der Waals surface area (Å²) < 4.78 is 2.17. The lowest BCUT2D eigenvalue weighted by molar-refractivity contribution is 0.531. The number of aromatic nitrogens is 1. The molecule has 2 nitrogen and oxygen atoms in total. The number of hydrogen-bond donors (Lipinski definition) is 1. The van der Waals surface area contributed by atoms with Crippen LogP contribution in [0.15, 0.2) is 51.7 Å². The van der Waals surface area contributed by atoms with Gasteiger partial charge in [-0.2, -0.15) is 0 Å². The Bertz CT molecular complexity index is 543. The number of pyridine rings is 1. The first-order valence-corrected chi connectivity index (χ1v) is 7.80. The molecule has 4 heteroatoms. The van der Waals surface area contributed by atoms with Crippen LogP contribution in [-0.4, -0.2) is 11.5 Å². The minimum atomic E-state index is 0.426. The van der Waals surface area contributed by atoms with Crippen LogP contribution in [-0.2, 0) is 12.8 Å². The quantitative estimate of drug-likeness (QED) is 0.848. The molecule has 0 amide bonds. The molecule has 0 aliphatic rings. The molecule has 0 saturated heterocycles. The van der Waals surface area contributed by atoms with Crippen molar-refractivity contribution in [3.05, 3.63) is 62.8 Å². The van der Waals surface area contributed by atoms with Crippen LogP contribution in [0.5, 0.6) is 0 Å². The molecule has 0 aliphatic heterocycles. The molecule has 100 valence electrons. The van der Waals surface area contributed by atoms with E-state index in [2.05, 4.69) is 61.1 Å². The molecule has 0 radical (unpaired) electrons. The summed E-state index contributed by atoms with van der Waals surface area (Å²) in [5, 5.41) is 0. The summed E-state index contributed by atoms with van der Waals surface area (Å²) in [6.07, 6.45) is 5.64. The molecule has 1 aromatic heterocycles. The van der Waals surface area contributed by atoms with Crippen LogP contribution in [0, 0.1) is 5.92 Å². The summed E-state index contributed by atoms with van der Waals surface area (Å²) in [6.45, 7) is 0.674. The van der Waals surface area contributed by atoms with Crippen molar-refractivity contribution in [2.45, 2.75) is 12.8 Å². The summed E-state index contributed by atoms with van der Waals surface area (Å²) in [5.41, 5.74) is 8.43. The van der Waals surface area contributed by atoms with Crippen LogP contribution >= 0.6 is 31.9 Å². The predicted octanol–water partition coefficient (Wildman–Crippen LogP) is 3.97. The number of rotatable bonds is 5. The number of hydrogen-bond acceptors (Lipinski definition) is 2. The lowest BCUT2D eigenvalue weighted by atomic mass is 9.93. The van der Waals surface area contributed by atoms with Crippen LogP contribution in [0.2, 0.25) is 0 Å². The third-order valence-electron chi connectivity index (χ3n) is 3.09. The fraction of sp³-hybridized carbons (Fsp3) is 0.267. The topological polar surface area (TPSA) is 38.9 Å². The number of benzene rings is 1. The van der Waals surface area contributed by atoms with E-state index in [1.807, 2.05) is 12.3 Å². The highest BCUT2D eigenvalue weighted by Gasteiger charge is 2.11. The molecule has 1 atom stereocenters. The lowest BCUT2D eigenvalue weighted by Gasteiger charge is -2.15. The SMILES string of the molecule is NCC(Cc1cncc(Br)c1)Cc1ccccc1Br. The normalized spacial score (nSPS) is 12.4. The summed E-state index contributed by atoms with van der Waals surface area (Å²) >= 11 is 7.04. The Morgan fingerprint density at radius 1 is 1.11 bits per heavy atom. The lowest BCUT2D eigenvalue weighted by Crippen LogP contribution is -2.19. The maximum absolute atomic E-state index is 5.91. The zero-order valence-corrected chi connectivity index (χ0v) is 13.7. The van der Waals surface area contributed by atoms with Gasteiger partial charge in [0.2, 0.25) is 0 Å². The molecule has 2 N–H and O–H groups in total. The van der Waals surface area contributed by atoms with Gasteiger partial charge in [0.1, 0.15) is 0 Å². The predicted molar refractivity (Wildman–Crippen MR) is 86.0 cm³/mol. The molecule has 0 aliphatic carbocycles. The van der Waals surface area contributed by atoms with Crippen molar-refractivity contribution in [1.29, 1.82) is 0 Å². The van der Waals surface area contributed by atoms with E-state index in [0.29, 0.717) is 12.5 Å². The average Bonchev–Trinajstić information content (AvgIpc) is 2.40. The molecule has 1 unspecified atom stereocenters. The Kier molecular flexibility index (Phi) is 5.55. The molecular weight excluding hydrogens is 368 g/mol. The summed E-state index contributed by atoms with van der Waals surface area (Å²) in [7, 11) is 0. The maximum atomic E-state index is 5.91. The molecule has 0 spiro atoms. The van der Waals surface area contributed by atoms with Crippen molar-refractivity contribution in [2.24, 2.45) is 11.7 Å². The van der Waals surface area contributed by atoms with Gasteiger partial charge in [-0.05, 0) is 64.5 Å². The molecule has 0 saturated carbocycles. The van der Waals surface area contributed by atoms with Crippen molar-refractivity contribution in [3.63, 3.8) is 0 Å². The molecular formula is C15H16Br2N2. The van der Waals surface area contributed by atoms with Crippen LogP contribution in [0.1, 0.15) is 11.1 Å². The van der Waals surface area contributed by atoms with Gasteiger partial charge in [0.05, 0.1) is 0 Å². The zero-order valence-electron chi connectivity index (χ0n) is 10.5. The van der Waals surface area contributed by atoms with E-state index in [1.54, 1.807) is 6.20 Å². The van der Waals surface area contributed by atoms with E-state index in [9.17, 15) is 0 Å². The fourth-order valence-electron chi connectivity index (χ4n) is 2.11. The number of halogens is 2. The molecule has 0 bridgehead atoms. The van der Waals surface area contributed by atoms with Crippen LogP contribution in [0.4, 0.5) is 0 Å². The molecule has 0 fully saturated rings. The minimum Gasteiger partial charge on any atom is -0.330 e. The Morgan fingerprint density at radius 2 is 1.89 bits per heavy atom. The van der Waals surface area contributed by atoms with Crippen molar-refractivity contribution in [3.8, 4) is 0 Å². The smallest absolute Gasteiger partial charge is 0.0410 e. The van der Waals surface area contributed by atoms with Gasteiger partial charge >= 0.3 is 0 Å². The summed E-state index contributed by atoms with van der Waals surface area (Å²) in [6, 6.07) is 10.4. The second-order valence-electron chi connectivity index (χ2n) is 4.61. The number of nitrogens with two attached hydrogens (primary N) is 1. The Hall–Kier alpha value is -0.710. The second kappa shape index (κ2) is 7.17. The van der Waals surface area contributed by atoms with E-state index < -0.39 is 0 Å². The standard InChI is InChI=1S/C15H16Br2N2/c16-14-7-12(9-19-10-14)5-11(8-18)6-13-3-1-2-4-15(13)17/h1-4,7,9-11H,5-6,8,18H2. The van der Waals surface area contributed by atoms with Gasteiger partial charge < -0.3 is 5.73 Å². The van der Waals surface area contributed by atoms with Gasteiger partial charge in [0.25, 0.3) is 0 Å². The van der Waals surface area contributed by atoms with E-state index in [1.165, 1.54) is 11.1 Å². The van der Waals surface area contributed by atoms with Crippen LogP contribution in [0.3, 0.4) is 0 Å². The highest BCUT2D eigenvalue weighted by molar-refractivity contribution is 9.10. The minimum absolute atomic E-state index is 0.426. The van der Waals surface area contributed by atoms with E-state index in [-0.39, 0.29) is 0 Å². The van der Waals surface area contributed by atoms with Gasteiger partial charge in [-0.15, -0.1) is 0 Å². The van der Waals surface area contributed by atoms with E-state index >= 15 is 0 Å². The van der Waals surface area contributed by atoms with Crippen LogP contribution < -0.4 is 5.73 Å². The third-order valence-corrected chi connectivity index (χ3v) is 4.29. The third kappa shape index (κ3) is 4.41. The summed E-state index contributed by atoms with van der Waals surface area (Å²) in [5.74, 6) is 0.426. The van der Waals surface area contributed by atoms with Gasteiger partial charge in [0.15, 0.2) is 0 Å². The zero-order chi connectivity index (χ0) is 13.7. The van der Waals surface area contributed by atoms with Gasteiger partial charge in [-0.1, -0.05) is 34.1 Å². The summed E-state index contributed by atoms with van der Waals surface area (Å²) in [4.78, 5) is 4.20. The van der Waals surface area contributed by atoms with E-state index in [0.717, 1.165) is 21.8 Å². The average molecular weight is 384 g/mol. The first-order valence-electron chi connectivity index (χ1n) is 6.22. The monoisotopic (exact) mass is 382 g/mol. The Morgan fingerprint density at radius 3 is 2.58 bits per heavy atom. The van der Waals surface area contributed by atoms with Crippen molar-refractivity contribution >= 4 is 31.9 Å². The van der Waals surface area contributed by atoms with Crippen molar-refractivity contribution in [2.75, 3.05) is 6.54 Å². The maximum Gasteiger partial charge on any atom is 0.0410 e. The van der Waals surface area contributed by atoms with Gasteiger partial charge in [-0.25, -0.2) is 0 Å². The highest BCUT2D eigenvalue weighted by atomic mass is 79.9. The largest absolute Gasteiger partial charge is 0.330 e. The van der Waals surface area contributed by atoms with Crippen LogP contribution in [0.25, 0.3) is 0 Å². The van der Waals surface area contributed by atoms with E-state index in [4.69, 9.17) is 5.73 Å². The van der Waals surface area contributed by atoms with Crippen molar-refractivity contribution in [1.82, 2.24) is 4.98 Å². The molecule has 2 rings (SSSR count). The Labute approximate surface area is 130 Å².